The molecule has 2 N–H and O–H groups in total. The number of hydrogen-bond acceptors (Lipinski definition) is 2. The van der Waals surface area contributed by atoms with Crippen molar-refractivity contribution in [3.8, 4) is 0 Å². The molecule has 0 aliphatic carbocycles. The van der Waals surface area contributed by atoms with Gasteiger partial charge in [-0.2, -0.15) is 0 Å². The van der Waals surface area contributed by atoms with Crippen LogP contribution >= 0.6 is 11.6 Å². The van der Waals surface area contributed by atoms with Crippen LogP contribution in [0.2, 0.25) is 5.02 Å². The lowest BCUT2D eigenvalue weighted by Gasteiger charge is -2.26. The molecule has 4 heteroatoms. The van der Waals surface area contributed by atoms with E-state index in [1.165, 1.54) is 12.8 Å². The zero-order chi connectivity index (χ0) is 15.3. The maximum Gasteiger partial charge on any atom is 0.230 e. The standard InChI is InChI=1S/C17H25ClN2O/c1-17(2,14-5-7-15(18)8-6-14)16(21)20-11-9-13-4-3-10-19-12-13/h5-8,13,19H,3-4,9-12H2,1-2H3,(H,20,21). The van der Waals surface area contributed by atoms with Crippen molar-refractivity contribution in [3.63, 3.8) is 0 Å². The Bertz CT molecular complexity index is 464. The molecule has 1 aliphatic rings. The molecular weight excluding hydrogens is 284 g/mol. The molecule has 0 radical (unpaired) electrons. The van der Waals surface area contributed by atoms with Crippen LogP contribution in [0.4, 0.5) is 0 Å². The Labute approximate surface area is 132 Å². The van der Waals surface area contributed by atoms with E-state index < -0.39 is 5.41 Å². The summed E-state index contributed by atoms with van der Waals surface area (Å²) in [5, 5.41) is 7.19. The van der Waals surface area contributed by atoms with E-state index in [9.17, 15) is 4.79 Å². The van der Waals surface area contributed by atoms with E-state index in [0.717, 1.165) is 31.6 Å². The first-order valence-corrected chi connectivity index (χ1v) is 8.13. The van der Waals surface area contributed by atoms with Crippen LogP contribution in [0.5, 0.6) is 0 Å². The van der Waals surface area contributed by atoms with Crippen molar-refractivity contribution in [1.29, 1.82) is 0 Å². The van der Waals surface area contributed by atoms with Crippen LogP contribution in [-0.2, 0) is 10.2 Å². The highest BCUT2D eigenvalue weighted by molar-refractivity contribution is 6.30. The number of carbonyl (C=O) groups excluding carboxylic acids is 1. The van der Waals surface area contributed by atoms with E-state index in [1.54, 1.807) is 0 Å². The van der Waals surface area contributed by atoms with Crippen LogP contribution in [0.25, 0.3) is 0 Å². The summed E-state index contributed by atoms with van der Waals surface area (Å²) in [7, 11) is 0. The van der Waals surface area contributed by atoms with Gasteiger partial charge in [-0.3, -0.25) is 4.79 Å². The third-order valence-corrected chi connectivity index (χ3v) is 4.62. The Morgan fingerprint density at radius 3 is 2.71 bits per heavy atom. The minimum absolute atomic E-state index is 0.0774. The highest BCUT2D eigenvalue weighted by Gasteiger charge is 2.29. The number of piperidine rings is 1. The molecule has 21 heavy (non-hydrogen) atoms. The second-order valence-corrected chi connectivity index (χ2v) is 6.83. The number of nitrogens with one attached hydrogen (secondary N) is 2. The summed E-state index contributed by atoms with van der Waals surface area (Å²) >= 11 is 5.90. The Morgan fingerprint density at radius 2 is 2.10 bits per heavy atom. The summed E-state index contributed by atoms with van der Waals surface area (Å²) < 4.78 is 0. The Balaban J connectivity index is 1.84. The van der Waals surface area contributed by atoms with Gasteiger partial charge < -0.3 is 10.6 Å². The van der Waals surface area contributed by atoms with Gasteiger partial charge in [0.15, 0.2) is 0 Å². The van der Waals surface area contributed by atoms with E-state index in [1.807, 2.05) is 38.1 Å². The van der Waals surface area contributed by atoms with Gasteiger partial charge in [-0.25, -0.2) is 0 Å². The van der Waals surface area contributed by atoms with E-state index in [4.69, 9.17) is 11.6 Å². The summed E-state index contributed by atoms with van der Waals surface area (Å²) in [5.74, 6) is 0.770. The minimum atomic E-state index is -0.532. The lowest BCUT2D eigenvalue weighted by Crippen LogP contribution is -2.41. The van der Waals surface area contributed by atoms with E-state index in [-0.39, 0.29) is 5.91 Å². The van der Waals surface area contributed by atoms with Crippen LogP contribution in [0, 0.1) is 5.92 Å². The van der Waals surface area contributed by atoms with Gasteiger partial charge >= 0.3 is 0 Å². The average molecular weight is 309 g/mol. The molecule has 116 valence electrons. The van der Waals surface area contributed by atoms with Crippen LogP contribution < -0.4 is 10.6 Å². The van der Waals surface area contributed by atoms with E-state index in [0.29, 0.717) is 10.9 Å². The molecule has 0 saturated carbocycles. The molecule has 0 bridgehead atoms. The number of carbonyl (C=O) groups is 1. The number of amides is 1. The zero-order valence-electron chi connectivity index (χ0n) is 12.9. The normalized spacial score (nSPS) is 19.3. The maximum atomic E-state index is 12.4. The first kappa shape index (κ1) is 16.3. The summed E-state index contributed by atoms with van der Waals surface area (Å²) in [4.78, 5) is 12.4. The average Bonchev–Trinajstić information content (AvgIpc) is 2.48. The predicted octanol–water partition coefficient (Wildman–Crippen LogP) is 3.12. The Hall–Kier alpha value is -1.06. The van der Waals surface area contributed by atoms with Gasteiger partial charge in [0.05, 0.1) is 5.41 Å². The first-order chi connectivity index (χ1) is 10.00. The fraction of sp³-hybridized carbons (Fsp3) is 0.588. The third-order valence-electron chi connectivity index (χ3n) is 4.37. The lowest BCUT2D eigenvalue weighted by molar-refractivity contribution is -0.125. The first-order valence-electron chi connectivity index (χ1n) is 7.75. The number of benzene rings is 1. The predicted molar refractivity (Wildman–Crippen MR) is 87.7 cm³/mol. The van der Waals surface area contributed by atoms with E-state index in [2.05, 4.69) is 10.6 Å². The molecule has 3 nitrogen and oxygen atoms in total. The van der Waals surface area contributed by atoms with Gasteiger partial charge in [-0.1, -0.05) is 23.7 Å². The maximum absolute atomic E-state index is 12.4. The van der Waals surface area contributed by atoms with Crippen molar-refractivity contribution in [3.05, 3.63) is 34.9 Å². The van der Waals surface area contributed by atoms with Gasteiger partial charge in [0, 0.05) is 11.6 Å². The van der Waals surface area contributed by atoms with Crippen LogP contribution in [0.1, 0.15) is 38.7 Å². The molecule has 0 spiro atoms. The number of hydrogen-bond donors (Lipinski definition) is 2. The number of halogens is 1. The Kier molecular flexibility index (Phi) is 5.65. The smallest absolute Gasteiger partial charge is 0.230 e. The zero-order valence-corrected chi connectivity index (χ0v) is 13.7. The van der Waals surface area contributed by atoms with Gasteiger partial charge in [0.1, 0.15) is 0 Å². The molecule has 1 aromatic carbocycles. The van der Waals surface area contributed by atoms with Gasteiger partial charge in [0.25, 0.3) is 0 Å². The van der Waals surface area contributed by atoms with Crippen molar-refractivity contribution in [2.75, 3.05) is 19.6 Å². The van der Waals surface area contributed by atoms with Crippen molar-refractivity contribution < 1.29 is 4.79 Å². The van der Waals surface area contributed by atoms with Crippen molar-refractivity contribution in [2.24, 2.45) is 5.92 Å². The minimum Gasteiger partial charge on any atom is -0.355 e. The SMILES string of the molecule is CC(C)(C(=O)NCCC1CCCNC1)c1ccc(Cl)cc1. The second-order valence-electron chi connectivity index (χ2n) is 6.39. The fourth-order valence-electron chi connectivity index (χ4n) is 2.78. The summed E-state index contributed by atoms with van der Waals surface area (Å²) in [6, 6.07) is 7.51. The molecule has 1 heterocycles. The van der Waals surface area contributed by atoms with Crippen molar-refractivity contribution in [1.82, 2.24) is 10.6 Å². The fourth-order valence-corrected chi connectivity index (χ4v) is 2.90. The summed E-state index contributed by atoms with van der Waals surface area (Å²) in [6.07, 6.45) is 3.56. The molecule has 2 rings (SSSR count). The molecule has 1 unspecified atom stereocenters. The quantitative estimate of drug-likeness (QED) is 0.877. The molecule has 1 amide bonds. The van der Waals surface area contributed by atoms with Crippen LogP contribution in [0.3, 0.4) is 0 Å². The topological polar surface area (TPSA) is 41.1 Å². The second kappa shape index (κ2) is 7.28. The molecule has 0 aromatic heterocycles. The largest absolute Gasteiger partial charge is 0.355 e. The highest BCUT2D eigenvalue weighted by Crippen LogP contribution is 2.25. The van der Waals surface area contributed by atoms with Gasteiger partial charge in [-0.05, 0) is 69.8 Å². The van der Waals surface area contributed by atoms with Gasteiger partial charge in [-0.15, -0.1) is 0 Å². The van der Waals surface area contributed by atoms with Crippen LogP contribution in [0.15, 0.2) is 24.3 Å². The molecule has 1 aromatic rings. The Morgan fingerprint density at radius 1 is 1.38 bits per heavy atom. The third kappa shape index (κ3) is 4.45. The van der Waals surface area contributed by atoms with Crippen molar-refractivity contribution in [2.45, 2.75) is 38.5 Å². The molecule has 1 fully saturated rings. The molecule has 1 atom stereocenters. The van der Waals surface area contributed by atoms with Gasteiger partial charge in [0.2, 0.25) is 5.91 Å². The van der Waals surface area contributed by atoms with E-state index >= 15 is 0 Å². The monoisotopic (exact) mass is 308 g/mol. The summed E-state index contributed by atoms with van der Waals surface area (Å²) in [5.41, 5.74) is 0.457. The number of rotatable bonds is 5. The summed E-state index contributed by atoms with van der Waals surface area (Å²) in [6.45, 7) is 6.87. The van der Waals surface area contributed by atoms with Crippen molar-refractivity contribution >= 4 is 17.5 Å². The molecule has 1 saturated heterocycles. The van der Waals surface area contributed by atoms with Crippen LogP contribution in [-0.4, -0.2) is 25.5 Å². The molecular formula is C17H25ClN2O. The molecule has 1 aliphatic heterocycles. The lowest BCUT2D eigenvalue weighted by atomic mass is 9.83. The highest BCUT2D eigenvalue weighted by atomic mass is 35.5.